The Labute approximate surface area is 192 Å². The Morgan fingerprint density at radius 3 is 2.66 bits per heavy atom. The van der Waals surface area contributed by atoms with Crippen LogP contribution in [0.1, 0.15) is 41.0 Å². The van der Waals surface area contributed by atoms with Gasteiger partial charge in [-0.3, -0.25) is 19.6 Å². The van der Waals surface area contributed by atoms with Crippen LogP contribution in [0.15, 0.2) is 53.8 Å². The highest BCUT2D eigenvalue weighted by atomic mass is 35.5. The molecule has 0 saturated carbocycles. The van der Waals surface area contributed by atoms with Gasteiger partial charge in [-0.15, -0.1) is 0 Å². The fourth-order valence-electron chi connectivity index (χ4n) is 3.53. The molecule has 1 unspecified atom stereocenters. The van der Waals surface area contributed by atoms with E-state index in [1.165, 1.54) is 16.9 Å². The summed E-state index contributed by atoms with van der Waals surface area (Å²) in [5.74, 6) is -0.762. The van der Waals surface area contributed by atoms with E-state index >= 15 is 0 Å². The summed E-state index contributed by atoms with van der Waals surface area (Å²) in [5.41, 5.74) is 0.881. The molecule has 164 valence electrons. The summed E-state index contributed by atoms with van der Waals surface area (Å²) in [6.07, 6.45) is 1.46. The third-order valence-electron chi connectivity index (χ3n) is 5.13. The molecule has 1 N–H and O–H groups in total. The van der Waals surface area contributed by atoms with Crippen molar-refractivity contribution >= 4 is 40.5 Å². The lowest BCUT2D eigenvalue weighted by atomic mass is 9.97. The van der Waals surface area contributed by atoms with Crippen molar-refractivity contribution in [2.75, 3.05) is 0 Å². The Bertz CT molecular complexity index is 1260. The van der Waals surface area contributed by atoms with E-state index < -0.39 is 22.6 Å². The van der Waals surface area contributed by atoms with Crippen molar-refractivity contribution in [1.29, 1.82) is 0 Å². The lowest BCUT2D eigenvalue weighted by Gasteiger charge is -2.21. The van der Waals surface area contributed by atoms with Crippen molar-refractivity contribution in [3.8, 4) is 5.75 Å². The molecule has 2 aromatic carbocycles. The fraction of sp³-hybridized carbons (Fsp3) is 0.190. The number of hydrogen-bond donors (Lipinski definition) is 1. The van der Waals surface area contributed by atoms with Gasteiger partial charge in [-0.2, -0.15) is 10.2 Å². The molecule has 2 heterocycles. The number of phenolic OH excluding ortho intramolecular Hbond substituents is 1. The van der Waals surface area contributed by atoms with Crippen LogP contribution in [0, 0.1) is 10.1 Å². The van der Waals surface area contributed by atoms with E-state index in [0.29, 0.717) is 33.4 Å². The summed E-state index contributed by atoms with van der Waals surface area (Å²) in [6.45, 7) is 2.11. The molecule has 3 aromatic rings. The number of benzene rings is 2. The summed E-state index contributed by atoms with van der Waals surface area (Å²) >= 11 is 12.2. The molecule has 1 aliphatic heterocycles. The topological polar surface area (TPSA) is 114 Å². The number of aromatic nitrogens is 2. The van der Waals surface area contributed by atoms with Crippen molar-refractivity contribution in [1.82, 2.24) is 14.8 Å². The molecule has 4 rings (SSSR count). The monoisotopic (exact) mass is 473 g/mol. The summed E-state index contributed by atoms with van der Waals surface area (Å²) in [7, 11) is 0. The molecule has 1 aromatic heterocycles. The quantitative estimate of drug-likeness (QED) is 0.421. The summed E-state index contributed by atoms with van der Waals surface area (Å²) in [6, 6.07) is 10.8. The summed E-state index contributed by atoms with van der Waals surface area (Å²) in [4.78, 5) is 24.3. The minimum absolute atomic E-state index is 0.0190. The number of phenols is 1. The molecule has 32 heavy (non-hydrogen) atoms. The van der Waals surface area contributed by atoms with Gasteiger partial charge in [0, 0.05) is 18.5 Å². The second kappa shape index (κ2) is 8.60. The Balaban J connectivity index is 1.81. The van der Waals surface area contributed by atoms with Gasteiger partial charge >= 0.3 is 11.6 Å². The largest absolute Gasteiger partial charge is 0.508 e. The van der Waals surface area contributed by atoms with Crippen LogP contribution in [0.2, 0.25) is 10.0 Å². The zero-order valence-corrected chi connectivity index (χ0v) is 18.3. The van der Waals surface area contributed by atoms with E-state index in [0.717, 1.165) is 5.01 Å². The fourth-order valence-corrected chi connectivity index (χ4v) is 3.82. The van der Waals surface area contributed by atoms with Gasteiger partial charge in [0.2, 0.25) is 5.69 Å². The number of hydrazone groups is 1. The van der Waals surface area contributed by atoms with Gasteiger partial charge in [-0.1, -0.05) is 47.5 Å². The lowest BCUT2D eigenvalue weighted by Crippen LogP contribution is -2.28. The summed E-state index contributed by atoms with van der Waals surface area (Å²) in [5, 5.41) is 32.3. The minimum Gasteiger partial charge on any atom is -0.508 e. The number of nitrogens with zero attached hydrogens (tertiary/aromatic N) is 5. The Hall–Kier alpha value is -3.43. The number of amides is 1. The first-order valence-corrected chi connectivity index (χ1v) is 10.4. The number of nitro groups is 1. The number of halogens is 2. The maximum absolute atomic E-state index is 13.4. The molecule has 1 aliphatic rings. The van der Waals surface area contributed by atoms with Crippen LogP contribution in [0.3, 0.4) is 0 Å². The average molecular weight is 474 g/mol. The van der Waals surface area contributed by atoms with Crippen LogP contribution >= 0.6 is 23.2 Å². The van der Waals surface area contributed by atoms with Crippen molar-refractivity contribution in [3.63, 3.8) is 0 Å². The number of aryl methyl sites for hydroxylation is 1. The summed E-state index contributed by atoms with van der Waals surface area (Å²) < 4.78 is 1.32. The molecule has 0 saturated heterocycles. The molecular formula is C21H17Cl2N5O4. The highest BCUT2D eigenvalue weighted by Crippen LogP contribution is 2.39. The molecule has 1 amide bonds. The molecular weight excluding hydrogens is 457 g/mol. The van der Waals surface area contributed by atoms with E-state index in [1.54, 1.807) is 43.3 Å². The van der Waals surface area contributed by atoms with Crippen molar-refractivity contribution in [2.45, 2.75) is 25.9 Å². The van der Waals surface area contributed by atoms with Crippen LogP contribution in [-0.4, -0.2) is 36.4 Å². The maximum Gasteiger partial charge on any atom is 0.320 e. The molecule has 0 radical (unpaired) electrons. The van der Waals surface area contributed by atoms with Gasteiger partial charge in [0.25, 0.3) is 0 Å². The Morgan fingerprint density at radius 1 is 1.25 bits per heavy atom. The average Bonchev–Trinajstić information content (AvgIpc) is 3.40. The molecule has 0 aliphatic carbocycles. The van der Waals surface area contributed by atoms with Crippen LogP contribution in [0.4, 0.5) is 5.69 Å². The van der Waals surface area contributed by atoms with Crippen molar-refractivity contribution in [2.24, 2.45) is 5.10 Å². The van der Waals surface area contributed by atoms with Crippen molar-refractivity contribution < 1.29 is 14.8 Å². The highest BCUT2D eigenvalue weighted by molar-refractivity contribution is 6.42. The second-order valence-corrected chi connectivity index (χ2v) is 7.89. The number of hydrogen-bond acceptors (Lipinski definition) is 6. The van der Waals surface area contributed by atoms with Crippen LogP contribution < -0.4 is 0 Å². The predicted molar refractivity (Wildman–Crippen MR) is 119 cm³/mol. The Kier molecular flexibility index (Phi) is 5.86. The normalized spacial score (nSPS) is 15.7. The minimum atomic E-state index is -0.743. The zero-order chi connectivity index (χ0) is 23.0. The molecule has 0 spiro atoms. The van der Waals surface area contributed by atoms with E-state index in [9.17, 15) is 20.0 Å². The van der Waals surface area contributed by atoms with Crippen LogP contribution in [0.5, 0.6) is 5.75 Å². The third-order valence-corrected chi connectivity index (χ3v) is 5.87. The molecule has 0 bridgehead atoms. The first-order valence-electron chi connectivity index (χ1n) is 9.66. The molecule has 11 heteroatoms. The van der Waals surface area contributed by atoms with Gasteiger partial charge in [0.05, 0.1) is 26.7 Å². The van der Waals surface area contributed by atoms with Gasteiger partial charge in [0.15, 0.2) is 0 Å². The van der Waals surface area contributed by atoms with Gasteiger partial charge in [-0.05, 0) is 30.7 Å². The highest BCUT2D eigenvalue weighted by Gasteiger charge is 2.39. The Morgan fingerprint density at radius 2 is 2.00 bits per heavy atom. The number of rotatable bonds is 5. The lowest BCUT2D eigenvalue weighted by molar-refractivity contribution is -0.385. The number of para-hydroxylation sites is 1. The number of carbonyl (C=O) groups is 1. The van der Waals surface area contributed by atoms with Gasteiger partial charge < -0.3 is 5.11 Å². The third kappa shape index (κ3) is 3.92. The van der Waals surface area contributed by atoms with Crippen LogP contribution in [0.25, 0.3) is 0 Å². The molecule has 1 atom stereocenters. The zero-order valence-electron chi connectivity index (χ0n) is 16.8. The standard InChI is InChI=1S/C21H17Cl2N5O4/c1-2-26-11-18(28(31)32)20(25-26)21(30)27-17(13-5-3-4-6-19(13)29)10-16(24-27)12-7-8-14(22)15(23)9-12/h3-9,11,17,29H,2,10H2,1H3. The predicted octanol–water partition coefficient (Wildman–Crippen LogP) is 4.82. The van der Waals surface area contributed by atoms with E-state index in [1.807, 2.05) is 0 Å². The number of aromatic hydroxyl groups is 1. The number of carbonyl (C=O) groups excluding carboxylic acids is 1. The smallest absolute Gasteiger partial charge is 0.320 e. The second-order valence-electron chi connectivity index (χ2n) is 7.08. The van der Waals surface area contributed by atoms with Crippen LogP contribution in [-0.2, 0) is 6.54 Å². The maximum atomic E-state index is 13.4. The van der Waals surface area contributed by atoms with Crippen molar-refractivity contribution in [3.05, 3.63) is 85.6 Å². The first kappa shape index (κ1) is 21.8. The van der Waals surface area contributed by atoms with Gasteiger partial charge in [-0.25, -0.2) is 5.01 Å². The van der Waals surface area contributed by atoms with E-state index in [4.69, 9.17) is 23.2 Å². The van der Waals surface area contributed by atoms with E-state index in [-0.39, 0.29) is 17.9 Å². The first-order chi connectivity index (χ1) is 15.3. The van der Waals surface area contributed by atoms with Gasteiger partial charge in [0.1, 0.15) is 11.9 Å². The van der Waals surface area contributed by atoms with E-state index in [2.05, 4.69) is 10.2 Å². The molecule has 0 fully saturated rings. The molecule has 9 nitrogen and oxygen atoms in total. The SMILES string of the molecule is CCn1cc([N+](=O)[O-])c(C(=O)N2N=C(c3ccc(Cl)c(Cl)c3)CC2c2ccccc2O)n1.